The van der Waals surface area contributed by atoms with Crippen molar-refractivity contribution in [1.82, 2.24) is 4.90 Å². The van der Waals surface area contributed by atoms with Crippen LogP contribution in [0, 0.1) is 0 Å². The largest absolute Gasteiger partial charge is 0.301 e. The van der Waals surface area contributed by atoms with Gasteiger partial charge in [-0.1, -0.05) is 6.92 Å². The fraction of sp³-hybridized carbons (Fsp3) is 1.00. The average Bonchev–Trinajstić information content (AvgIpc) is 2.01. The Balaban J connectivity index is 2.18. The Bertz CT molecular complexity index is 267. The van der Waals surface area contributed by atoms with Gasteiger partial charge in [0.15, 0.2) is 0 Å². The van der Waals surface area contributed by atoms with Gasteiger partial charge in [0, 0.05) is 24.1 Å². The van der Waals surface area contributed by atoms with Gasteiger partial charge in [0.2, 0.25) is 10.0 Å². The van der Waals surface area contributed by atoms with Crippen molar-refractivity contribution in [2.45, 2.75) is 18.6 Å². The van der Waals surface area contributed by atoms with Gasteiger partial charge >= 0.3 is 0 Å². The number of nitrogens with zero attached hydrogens (tertiary/aromatic N) is 1. The quantitative estimate of drug-likeness (QED) is 0.754. The number of nitrogens with two attached hydrogens (primary N) is 1. The van der Waals surface area contributed by atoms with E-state index in [4.69, 9.17) is 5.14 Å². The highest BCUT2D eigenvalue weighted by Crippen LogP contribution is 2.17. The van der Waals surface area contributed by atoms with Crippen LogP contribution in [0.3, 0.4) is 0 Å². The summed E-state index contributed by atoms with van der Waals surface area (Å²) in [6.07, 6.45) is 0.649. The lowest BCUT2D eigenvalue weighted by molar-refractivity contribution is 0.287. The molecule has 14 heavy (non-hydrogen) atoms. The minimum atomic E-state index is -3.27. The minimum absolute atomic E-state index is 0.102. The summed E-state index contributed by atoms with van der Waals surface area (Å²) in [6, 6.07) is 0. The molecule has 0 aromatic rings. The summed E-state index contributed by atoms with van der Waals surface area (Å²) in [4.78, 5) is 2.31. The van der Waals surface area contributed by atoms with Crippen molar-refractivity contribution >= 4 is 21.8 Å². The second-order valence-electron chi connectivity index (χ2n) is 3.70. The summed E-state index contributed by atoms with van der Waals surface area (Å²) in [5.41, 5.74) is 0. The number of primary sulfonamides is 1. The first-order chi connectivity index (χ1) is 6.47. The fourth-order valence-electron chi connectivity index (χ4n) is 1.58. The van der Waals surface area contributed by atoms with Crippen LogP contribution in [0.15, 0.2) is 0 Å². The zero-order valence-electron chi connectivity index (χ0n) is 8.48. The van der Waals surface area contributed by atoms with E-state index >= 15 is 0 Å². The van der Waals surface area contributed by atoms with Crippen LogP contribution in [0.5, 0.6) is 0 Å². The van der Waals surface area contributed by atoms with Crippen molar-refractivity contribution in [2.75, 3.05) is 31.1 Å². The molecular formula is C8H18N2O2S2. The Morgan fingerprint density at radius 2 is 2.29 bits per heavy atom. The first-order valence-corrected chi connectivity index (χ1v) is 7.58. The fourth-order valence-corrected chi connectivity index (χ4v) is 3.20. The molecule has 1 rings (SSSR count). The molecular weight excluding hydrogens is 220 g/mol. The predicted octanol–water partition coefficient (Wildman–Crippen LogP) is 0.102. The van der Waals surface area contributed by atoms with E-state index in [1.807, 2.05) is 11.8 Å². The van der Waals surface area contributed by atoms with Gasteiger partial charge in [0.25, 0.3) is 0 Å². The highest BCUT2D eigenvalue weighted by Gasteiger charge is 2.16. The zero-order chi connectivity index (χ0) is 10.6. The van der Waals surface area contributed by atoms with Gasteiger partial charge in [-0.15, -0.1) is 0 Å². The average molecular weight is 238 g/mol. The maximum atomic E-state index is 10.7. The van der Waals surface area contributed by atoms with Crippen LogP contribution in [-0.4, -0.2) is 49.7 Å². The van der Waals surface area contributed by atoms with Crippen LogP contribution < -0.4 is 5.14 Å². The van der Waals surface area contributed by atoms with Crippen LogP contribution in [-0.2, 0) is 10.0 Å². The van der Waals surface area contributed by atoms with Crippen LogP contribution >= 0.6 is 11.8 Å². The number of thioether (sulfide) groups is 1. The molecule has 0 aromatic heterocycles. The van der Waals surface area contributed by atoms with Gasteiger partial charge in [-0.05, 0) is 13.0 Å². The van der Waals surface area contributed by atoms with Gasteiger partial charge in [-0.3, -0.25) is 0 Å². The minimum Gasteiger partial charge on any atom is -0.301 e. The smallest absolute Gasteiger partial charge is 0.209 e. The molecule has 2 N–H and O–H groups in total. The van der Waals surface area contributed by atoms with Gasteiger partial charge in [0.05, 0.1) is 5.75 Å². The van der Waals surface area contributed by atoms with Gasteiger partial charge in [0.1, 0.15) is 0 Å². The highest BCUT2D eigenvalue weighted by molar-refractivity contribution is 7.99. The molecule has 0 radical (unpaired) electrons. The highest BCUT2D eigenvalue weighted by atomic mass is 32.2. The zero-order valence-corrected chi connectivity index (χ0v) is 10.1. The lowest BCUT2D eigenvalue weighted by atomic mass is 10.3. The first kappa shape index (κ1) is 12.3. The van der Waals surface area contributed by atoms with E-state index in [-0.39, 0.29) is 5.75 Å². The summed E-state index contributed by atoms with van der Waals surface area (Å²) < 4.78 is 21.4. The maximum absolute atomic E-state index is 10.7. The monoisotopic (exact) mass is 238 g/mol. The topological polar surface area (TPSA) is 63.4 Å². The second-order valence-corrected chi connectivity index (χ2v) is 6.98. The maximum Gasteiger partial charge on any atom is 0.209 e. The van der Waals surface area contributed by atoms with E-state index in [0.717, 1.165) is 25.4 Å². The van der Waals surface area contributed by atoms with Gasteiger partial charge in [-0.2, -0.15) is 11.8 Å². The number of hydrogen-bond donors (Lipinski definition) is 1. The molecule has 6 heteroatoms. The molecule has 1 fully saturated rings. The molecule has 0 amide bonds. The van der Waals surface area contributed by atoms with Crippen LogP contribution in [0.2, 0.25) is 0 Å². The molecule has 1 aliphatic rings. The summed E-state index contributed by atoms with van der Waals surface area (Å²) >= 11 is 1.98. The number of hydrogen-bond acceptors (Lipinski definition) is 4. The Morgan fingerprint density at radius 3 is 2.86 bits per heavy atom. The molecule has 84 valence electrons. The molecule has 4 nitrogen and oxygen atoms in total. The first-order valence-electron chi connectivity index (χ1n) is 4.82. The van der Waals surface area contributed by atoms with E-state index < -0.39 is 10.0 Å². The standard InChI is InChI=1S/C8H18N2O2S2/c1-8-7-10(4-5-13-8)3-2-6-14(9,11)12/h8H,2-7H2,1H3,(H2,9,11,12). The molecule has 0 aliphatic carbocycles. The van der Waals surface area contributed by atoms with Crippen molar-refractivity contribution in [3.8, 4) is 0 Å². The lowest BCUT2D eigenvalue weighted by Gasteiger charge is -2.30. The predicted molar refractivity (Wildman–Crippen MR) is 61.0 cm³/mol. The Morgan fingerprint density at radius 1 is 1.57 bits per heavy atom. The van der Waals surface area contributed by atoms with E-state index in [1.165, 1.54) is 0 Å². The molecule has 1 saturated heterocycles. The molecule has 0 aromatic carbocycles. The molecule has 0 saturated carbocycles. The number of sulfonamides is 1. The van der Waals surface area contributed by atoms with Crippen molar-refractivity contribution in [3.05, 3.63) is 0 Å². The van der Waals surface area contributed by atoms with E-state index in [1.54, 1.807) is 0 Å². The Kier molecular flexibility index (Phi) is 4.69. The third kappa shape index (κ3) is 5.19. The third-order valence-electron chi connectivity index (χ3n) is 2.23. The van der Waals surface area contributed by atoms with Crippen LogP contribution in [0.25, 0.3) is 0 Å². The van der Waals surface area contributed by atoms with E-state index in [2.05, 4.69) is 11.8 Å². The van der Waals surface area contributed by atoms with Crippen LogP contribution in [0.4, 0.5) is 0 Å². The van der Waals surface area contributed by atoms with Crippen molar-refractivity contribution < 1.29 is 8.42 Å². The van der Waals surface area contributed by atoms with Crippen molar-refractivity contribution in [3.63, 3.8) is 0 Å². The molecule has 1 atom stereocenters. The van der Waals surface area contributed by atoms with Gasteiger partial charge in [-0.25, -0.2) is 13.6 Å². The van der Waals surface area contributed by atoms with E-state index in [0.29, 0.717) is 11.7 Å². The van der Waals surface area contributed by atoms with E-state index in [9.17, 15) is 8.42 Å². The van der Waals surface area contributed by atoms with Gasteiger partial charge < -0.3 is 4.90 Å². The third-order valence-corrected chi connectivity index (χ3v) is 4.22. The molecule has 1 unspecified atom stereocenters. The second kappa shape index (κ2) is 5.34. The molecule has 0 bridgehead atoms. The summed E-state index contributed by atoms with van der Waals surface area (Å²) in [7, 11) is -3.27. The van der Waals surface area contributed by atoms with Crippen molar-refractivity contribution in [1.29, 1.82) is 0 Å². The normalized spacial score (nSPS) is 25.1. The molecule has 1 heterocycles. The Labute approximate surface area is 90.3 Å². The number of rotatable bonds is 4. The summed E-state index contributed by atoms with van der Waals surface area (Å²) in [5.74, 6) is 1.25. The lowest BCUT2D eigenvalue weighted by Crippen LogP contribution is -2.38. The van der Waals surface area contributed by atoms with Crippen LogP contribution in [0.1, 0.15) is 13.3 Å². The summed E-state index contributed by atoms with van der Waals surface area (Å²) in [6.45, 7) is 5.19. The summed E-state index contributed by atoms with van der Waals surface area (Å²) in [5, 5.41) is 5.59. The van der Waals surface area contributed by atoms with Crippen molar-refractivity contribution in [2.24, 2.45) is 5.14 Å². The molecule has 1 aliphatic heterocycles. The molecule has 0 spiro atoms. The SMILES string of the molecule is CC1CN(CCCS(N)(=O)=O)CCS1. The Hall–Kier alpha value is 0.220.